The third-order valence-electron chi connectivity index (χ3n) is 4.53. The van der Waals surface area contributed by atoms with Gasteiger partial charge in [0.1, 0.15) is 0 Å². The van der Waals surface area contributed by atoms with Crippen molar-refractivity contribution < 1.29 is 13.2 Å². The molecule has 0 saturated carbocycles. The van der Waals surface area contributed by atoms with Gasteiger partial charge in [-0.25, -0.2) is 13.1 Å². The first kappa shape index (κ1) is 17.6. The minimum Gasteiger partial charge on any atom is -0.326 e. The summed E-state index contributed by atoms with van der Waals surface area (Å²) in [7, 11) is -2.04. The van der Waals surface area contributed by atoms with Gasteiger partial charge in [0, 0.05) is 12.1 Å². The van der Waals surface area contributed by atoms with Crippen LogP contribution in [0, 0.1) is 0 Å². The molecule has 0 fully saturated rings. The van der Waals surface area contributed by atoms with Gasteiger partial charge >= 0.3 is 0 Å². The van der Waals surface area contributed by atoms with Crippen LogP contribution in [0.25, 0.3) is 0 Å². The van der Waals surface area contributed by atoms with Gasteiger partial charge < -0.3 is 5.32 Å². The van der Waals surface area contributed by atoms with Crippen LogP contribution in [-0.4, -0.2) is 21.4 Å². The van der Waals surface area contributed by atoms with Crippen LogP contribution in [0.1, 0.15) is 29.5 Å². The molecule has 132 valence electrons. The number of anilines is 1. The summed E-state index contributed by atoms with van der Waals surface area (Å²) in [6.07, 6.45) is 4.32. The molecule has 0 aliphatic heterocycles. The predicted molar refractivity (Wildman–Crippen MR) is 98.1 cm³/mol. The number of benzene rings is 2. The zero-order chi connectivity index (χ0) is 17.9. The Balaban J connectivity index is 1.55. The highest BCUT2D eigenvalue weighted by atomic mass is 32.2. The van der Waals surface area contributed by atoms with E-state index in [1.165, 1.54) is 24.6 Å². The summed E-state index contributed by atoms with van der Waals surface area (Å²) in [6, 6.07) is 12.7. The number of rotatable bonds is 6. The zero-order valence-corrected chi connectivity index (χ0v) is 15.0. The molecule has 0 aromatic heterocycles. The second-order valence-electron chi connectivity index (χ2n) is 6.24. The van der Waals surface area contributed by atoms with E-state index >= 15 is 0 Å². The predicted octanol–water partition coefficient (Wildman–Crippen LogP) is 2.65. The first-order valence-corrected chi connectivity index (χ1v) is 9.90. The second kappa shape index (κ2) is 7.37. The van der Waals surface area contributed by atoms with Gasteiger partial charge in [0.2, 0.25) is 15.9 Å². The first-order valence-electron chi connectivity index (χ1n) is 8.42. The summed E-state index contributed by atoms with van der Waals surface area (Å²) in [4.78, 5) is 12.4. The van der Waals surface area contributed by atoms with Crippen LogP contribution < -0.4 is 10.0 Å². The molecular weight excluding hydrogens is 336 g/mol. The van der Waals surface area contributed by atoms with E-state index in [2.05, 4.69) is 22.2 Å². The maximum absolute atomic E-state index is 12.1. The SMILES string of the molecule is CNS(=O)(=O)c1ccc(CCC(=O)Nc2ccc3c(c2)CCC3)cc1. The topological polar surface area (TPSA) is 75.3 Å². The van der Waals surface area contributed by atoms with Gasteiger partial charge in [-0.1, -0.05) is 18.2 Å². The summed E-state index contributed by atoms with van der Waals surface area (Å²) < 4.78 is 25.7. The number of sulfonamides is 1. The fourth-order valence-corrected chi connectivity index (χ4v) is 3.81. The van der Waals surface area contributed by atoms with Crippen molar-refractivity contribution in [3.63, 3.8) is 0 Å². The highest BCUT2D eigenvalue weighted by Crippen LogP contribution is 2.25. The monoisotopic (exact) mass is 358 g/mol. The molecule has 2 N–H and O–H groups in total. The molecule has 0 unspecified atom stereocenters. The molecule has 5 nitrogen and oxygen atoms in total. The molecule has 3 rings (SSSR count). The minimum atomic E-state index is -3.42. The quantitative estimate of drug-likeness (QED) is 0.834. The third-order valence-corrected chi connectivity index (χ3v) is 5.96. The molecule has 0 atom stereocenters. The second-order valence-corrected chi connectivity index (χ2v) is 8.12. The van der Waals surface area contributed by atoms with E-state index in [1.54, 1.807) is 24.3 Å². The summed E-state index contributed by atoms with van der Waals surface area (Å²) in [5.41, 5.74) is 4.49. The Kier molecular flexibility index (Phi) is 5.20. The largest absolute Gasteiger partial charge is 0.326 e. The van der Waals surface area contributed by atoms with Crippen LogP contribution in [0.3, 0.4) is 0 Å². The van der Waals surface area contributed by atoms with Gasteiger partial charge in [0.25, 0.3) is 0 Å². The molecule has 2 aromatic rings. The van der Waals surface area contributed by atoms with Crippen LogP contribution in [0.2, 0.25) is 0 Å². The Bertz CT molecular complexity index is 874. The van der Waals surface area contributed by atoms with Crippen molar-refractivity contribution in [3.8, 4) is 0 Å². The van der Waals surface area contributed by atoms with Crippen molar-refractivity contribution in [1.82, 2.24) is 4.72 Å². The Morgan fingerprint density at radius 2 is 1.76 bits per heavy atom. The lowest BCUT2D eigenvalue weighted by molar-refractivity contribution is -0.116. The third kappa shape index (κ3) is 4.27. The highest BCUT2D eigenvalue weighted by molar-refractivity contribution is 7.89. The fourth-order valence-electron chi connectivity index (χ4n) is 3.08. The highest BCUT2D eigenvalue weighted by Gasteiger charge is 2.13. The van der Waals surface area contributed by atoms with Crippen LogP contribution in [0.4, 0.5) is 5.69 Å². The Morgan fingerprint density at radius 1 is 1.04 bits per heavy atom. The van der Waals surface area contributed by atoms with Crippen molar-refractivity contribution in [2.75, 3.05) is 12.4 Å². The number of fused-ring (bicyclic) bond motifs is 1. The lowest BCUT2D eigenvalue weighted by Crippen LogP contribution is -2.18. The normalized spacial score (nSPS) is 13.5. The van der Waals surface area contributed by atoms with E-state index in [9.17, 15) is 13.2 Å². The smallest absolute Gasteiger partial charge is 0.240 e. The van der Waals surface area contributed by atoms with Crippen LogP contribution >= 0.6 is 0 Å². The van der Waals surface area contributed by atoms with Gasteiger partial charge in [0.05, 0.1) is 4.90 Å². The van der Waals surface area contributed by atoms with Crippen molar-refractivity contribution >= 4 is 21.6 Å². The van der Waals surface area contributed by atoms with Crippen LogP contribution in [0.15, 0.2) is 47.4 Å². The Morgan fingerprint density at radius 3 is 2.48 bits per heavy atom. The van der Waals surface area contributed by atoms with Crippen LogP contribution in [-0.2, 0) is 34.1 Å². The fraction of sp³-hybridized carbons (Fsp3) is 0.316. The lowest BCUT2D eigenvalue weighted by atomic mass is 10.1. The van der Waals surface area contributed by atoms with Crippen molar-refractivity contribution in [2.24, 2.45) is 0 Å². The van der Waals surface area contributed by atoms with Gasteiger partial charge in [0.15, 0.2) is 0 Å². The maximum Gasteiger partial charge on any atom is 0.240 e. The summed E-state index contributed by atoms with van der Waals surface area (Å²) >= 11 is 0. The summed E-state index contributed by atoms with van der Waals surface area (Å²) in [6.45, 7) is 0. The number of amides is 1. The number of carbonyl (C=O) groups excluding carboxylic acids is 1. The summed E-state index contributed by atoms with van der Waals surface area (Å²) in [5, 5.41) is 2.94. The maximum atomic E-state index is 12.1. The average Bonchev–Trinajstić information content (AvgIpc) is 3.08. The molecule has 1 aliphatic rings. The molecule has 0 radical (unpaired) electrons. The number of hydrogen-bond acceptors (Lipinski definition) is 3. The summed E-state index contributed by atoms with van der Waals surface area (Å²) in [5.74, 6) is -0.0372. The number of aryl methyl sites for hydroxylation is 3. The van der Waals surface area contributed by atoms with E-state index in [4.69, 9.17) is 0 Å². The molecule has 0 spiro atoms. The molecule has 2 aromatic carbocycles. The number of carbonyl (C=O) groups is 1. The molecule has 0 saturated heterocycles. The lowest BCUT2D eigenvalue weighted by Gasteiger charge is -2.08. The van der Waals surface area contributed by atoms with Crippen molar-refractivity contribution in [3.05, 3.63) is 59.2 Å². The zero-order valence-electron chi connectivity index (χ0n) is 14.2. The average molecular weight is 358 g/mol. The molecule has 0 heterocycles. The van der Waals surface area contributed by atoms with E-state index in [0.29, 0.717) is 12.8 Å². The Hall–Kier alpha value is -2.18. The van der Waals surface area contributed by atoms with E-state index in [0.717, 1.165) is 24.1 Å². The molecule has 6 heteroatoms. The van der Waals surface area contributed by atoms with Crippen molar-refractivity contribution in [1.29, 1.82) is 0 Å². The van der Waals surface area contributed by atoms with Gasteiger partial charge in [-0.15, -0.1) is 0 Å². The minimum absolute atomic E-state index is 0.0372. The number of hydrogen-bond donors (Lipinski definition) is 2. The number of nitrogens with one attached hydrogen (secondary N) is 2. The van der Waals surface area contributed by atoms with Crippen LogP contribution in [0.5, 0.6) is 0 Å². The molecule has 0 bridgehead atoms. The Labute approximate surface area is 148 Å². The van der Waals surface area contributed by atoms with E-state index in [-0.39, 0.29) is 10.8 Å². The van der Waals surface area contributed by atoms with Gasteiger partial charge in [-0.2, -0.15) is 0 Å². The molecule has 1 amide bonds. The van der Waals surface area contributed by atoms with Crippen molar-refractivity contribution in [2.45, 2.75) is 37.0 Å². The van der Waals surface area contributed by atoms with E-state index in [1.807, 2.05) is 6.07 Å². The van der Waals surface area contributed by atoms with Gasteiger partial charge in [-0.3, -0.25) is 4.79 Å². The van der Waals surface area contributed by atoms with Gasteiger partial charge in [-0.05, 0) is 73.7 Å². The molecular formula is C19H22N2O3S. The molecule has 25 heavy (non-hydrogen) atoms. The molecule has 1 aliphatic carbocycles. The standard InChI is InChI=1S/C19H22N2O3S/c1-20-25(23,24)18-10-5-14(6-11-18)7-12-19(22)21-17-9-8-15-3-2-4-16(15)13-17/h5-6,8-11,13,20H,2-4,7,12H2,1H3,(H,21,22). The van der Waals surface area contributed by atoms with E-state index < -0.39 is 10.0 Å². The first-order chi connectivity index (χ1) is 12.0.